The Labute approximate surface area is 217 Å². The summed E-state index contributed by atoms with van der Waals surface area (Å²) in [6.45, 7) is 32.4. The summed E-state index contributed by atoms with van der Waals surface area (Å²) in [7, 11) is -2.18. The molecule has 1 nitrogen and oxygen atoms in total. The van der Waals surface area contributed by atoms with Gasteiger partial charge >= 0.3 is 35.6 Å². The molecule has 0 aromatic carbocycles. The van der Waals surface area contributed by atoms with E-state index in [-0.39, 0.29) is 53.5 Å². The van der Waals surface area contributed by atoms with Gasteiger partial charge in [-0.15, -0.1) is 0 Å². The van der Waals surface area contributed by atoms with Gasteiger partial charge in [-0.3, -0.25) is 0 Å². The Morgan fingerprint density at radius 2 is 0.690 bits per heavy atom. The standard InChI is InChI=1S/C20H30Si.C4H12NSi2.La/c1-11-12(2)16(6)19(15(11)5)21(9,10)20-17(7)13(3)14(4)18(20)8;1-6(2)5-7(3)4;/h1-10H3;1-4H3;/q;-1;+3. The second-order valence-corrected chi connectivity index (χ2v) is 18.3. The van der Waals surface area contributed by atoms with E-state index in [0.717, 1.165) is 0 Å². The van der Waals surface area contributed by atoms with Crippen molar-refractivity contribution in [3.05, 3.63) is 63.1 Å². The average Bonchev–Trinajstić information content (AvgIpc) is 2.87. The number of hydrogen-bond acceptors (Lipinski definition) is 0. The summed E-state index contributed by atoms with van der Waals surface area (Å²) < 4.78 is 4.48. The minimum atomic E-state index is -1.65. The van der Waals surface area contributed by atoms with Crippen molar-refractivity contribution in [3.63, 3.8) is 0 Å². The van der Waals surface area contributed by atoms with Gasteiger partial charge in [0.25, 0.3) is 0 Å². The molecule has 0 atom stereocenters. The van der Waals surface area contributed by atoms with Crippen LogP contribution in [-0.4, -0.2) is 26.0 Å². The van der Waals surface area contributed by atoms with Crippen LogP contribution in [0.4, 0.5) is 0 Å². The summed E-state index contributed by atoms with van der Waals surface area (Å²) in [6.07, 6.45) is 0. The SMILES string of the molecule is C[C]1[C](C)[C](C)[C]([Si](C)(C)[C]2[C](C)[C](C)[C](C)[C]2C)[C]1C.C[Si](C)[N-][Si](C)C.[La+3]. The molecule has 12 radical (unpaired) electrons. The van der Waals surface area contributed by atoms with E-state index in [1.807, 2.05) is 0 Å². The number of nitrogens with zero attached hydrogens (tertiary/aromatic N) is 1. The minimum Gasteiger partial charge on any atom is -0.673 e. The van der Waals surface area contributed by atoms with Gasteiger partial charge in [-0.2, -0.15) is 0 Å². The molecule has 5 heteroatoms. The van der Waals surface area contributed by atoms with Crippen LogP contribution in [0.5, 0.6) is 0 Å². The van der Waals surface area contributed by atoms with Crippen LogP contribution in [0.2, 0.25) is 39.3 Å². The summed E-state index contributed by atoms with van der Waals surface area (Å²) in [5, 5.41) is 0. The van der Waals surface area contributed by atoms with Crippen molar-refractivity contribution in [1.29, 1.82) is 0 Å². The first kappa shape index (κ1) is 30.8. The van der Waals surface area contributed by atoms with Crippen molar-refractivity contribution >= 4 is 26.0 Å². The Bertz CT molecular complexity index is 417. The minimum absolute atomic E-state index is 0. The fraction of sp³-hybridized carbons (Fsp3) is 0.583. The van der Waals surface area contributed by atoms with Crippen LogP contribution in [0, 0.1) is 94.0 Å². The molecule has 0 spiro atoms. The average molecular weight is 568 g/mol. The Morgan fingerprint density at radius 1 is 0.483 bits per heavy atom. The van der Waals surface area contributed by atoms with Crippen LogP contribution in [0.3, 0.4) is 0 Å². The summed E-state index contributed by atoms with van der Waals surface area (Å²) in [4.78, 5) is 0. The number of rotatable bonds is 4. The smallest absolute Gasteiger partial charge is 0.673 e. The van der Waals surface area contributed by atoms with Crippen LogP contribution >= 0.6 is 0 Å². The zero-order chi connectivity index (χ0) is 22.1. The molecule has 0 unspecified atom stereocenters. The molecule has 0 aromatic heterocycles. The fourth-order valence-corrected chi connectivity index (χ4v) is 13.2. The summed E-state index contributed by atoms with van der Waals surface area (Å²) >= 11 is 0. The van der Waals surface area contributed by atoms with Gasteiger partial charge in [-0.05, 0) is 58.4 Å². The Kier molecular flexibility index (Phi) is 13.1. The van der Waals surface area contributed by atoms with Crippen LogP contribution in [0.1, 0.15) is 55.4 Å². The largest absolute Gasteiger partial charge is 3.00 e. The zero-order valence-corrected chi connectivity index (χ0v) is 28.2. The first-order chi connectivity index (χ1) is 12.7. The molecule has 0 saturated heterocycles. The molecule has 156 valence electrons. The third kappa shape index (κ3) is 6.90. The summed E-state index contributed by atoms with van der Waals surface area (Å²) in [6, 6.07) is 0. The molecule has 0 amide bonds. The molecular weight excluding hydrogens is 525 g/mol. The second kappa shape index (κ2) is 12.3. The van der Waals surface area contributed by atoms with E-state index < -0.39 is 8.07 Å². The van der Waals surface area contributed by atoms with Gasteiger partial charge in [0.15, 0.2) is 0 Å². The molecule has 0 aromatic rings. The van der Waals surface area contributed by atoms with E-state index in [1.54, 1.807) is 11.1 Å². The molecule has 0 aliphatic heterocycles. The molecule has 29 heavy (non-hydrogen) atoms. The van der Waals surface area contributed by atoms with E-state index in [0.29, 0.717) is 0 Å². The molecule has 2 aliphatic rings. The summed E-state index contributed by atoms with van der Waals surface area (Å²) in [5.74, 6) is 12.1. The molecule has 0 N–H and O–H groups in total. The van der Waals surface area contributed by atoms with Crippen LogP contribution < -0.4 is 0 Å². The van der Waals surface area contributed by atoms with Crippen molar-refractivity contribution in [1.82, 2.24) is 0 Å². The van der Waals surface area contributed by atoms with Gasteiger partial charge in [0.1, 0.15) is 0 Å². The maximum atomic E-state index is 4.48. The van der Waals surface area contributed by atoms with Crippen LogP contribution in [-0.2, 0) is 0 Å². The molecule has 0 bridgehead atoms. The predicted molar refractivity (Wildman–Crippen MR) is 134 cm³/mol. The fourth-order valence-electron chi connectivity index (χ4n) is 4.88. The van der Waals surface area contributed by atoms with Gasteiger partial charge in [-0.1, -0.05) is 113 Å². The maximum Gasteiger partial charge on any atom is 3.00 e. The van der Waals surface area contributed by atoms with E-state index in [1.165, 1.54) is 47.3 Å². The topological polar surface area (TPSA) is 14.1 Å². The Balaban J connectivity index is 0.000000846. The van der Waals surface area contributed by atoms with Crippen molar-refractivity contribution in [2.45, 2.75) is 94.7 Å². The molecule has 2 fully saturated rings. The third-order valence-electron chi connectivity index (χ3n) is 6.57. The van der Waals surface area contributed by atoms with E-state index >= 15 is 0 Å². The Hall–Kier alpha value is 1.81. The molecule has 2 saturated carbocycles. The van der Waals surface area contributed by atoms with Crippen molar-refractivity contribution in [3.8, 4) is 0 Å². The molecular formula is C24H42LaNSi3+2. The molecule has 0 heterocycles. The van der Waals surface area contributed by atoms with Crippen molar-refractivity contribution in [2.24, 2.45) is 0 Å². The zero-order valence-electron chi connectivity index (χ0n) is 21.5. The van der Waals surface area contributed by atoms with E-state index in [2.05, 4.69) is 99.3 Å². The first-order valence-corrected chi connectivity index (χ1v) is 18.3. The Morgan fingerprint density at radius 3 is 0.828 bits per heavy atom. The van der Waals surface area contributed by atoms with Gasteiger partial charge in [0.05, 0.1) is 8.07 Å². The van der Waals surface area contributed by atoms with Crippen LogP contribution in [0.15, 0.2) is 0 Å². The van der Waals surface area contributed by atoms with Crippen molar-refractivity contribution in [2.75, 3.05) is 0 Å². The van der Waals surface area contributed by atoms with Gasteiger partial charge in [0, 0.05) is 0 Å². The quantitative estimate of drug-likeness (QED) is 0.311. The number of hydrogen-bond donors (Lipinski definition) is 0. The molecule has 2 rings (SSSR count). The maximum absolute atomic E-state index is 4.48. The van der Waals surface area contributed by atoms with Crippen LogP contribution in [0.25, 0.3) is 4.65 Å². The van der Waals surface area contributed by atoms with E-state index in [4.69, 9.17) is 0 Å². The predicted octanol–water partition coefficient (Wildman–Crippen LogP) is 7.57. The molecule has 2 aliphatic carbocycles. The third-order valence-corrected chi connectivity index (χ3v) is 14.1. The summed E-state index contributed by atoms with van der Waals surface area (Å²) in [5.41, 5.74) is 3.35. The van der Waals surface area contributed by atoms with E-state index in [9.17, 15) is 0 Å². The normalized spacial score (nSPS) is 24.0. The first-order valence-electron chi connectivity index (χ1n) is 10.4. The second-order valence-electron chi connectivity index (χ2n) is 9.38. The van der Waals surface area contributed by atoms with Gasteiger partial charge in [-0.25, -0.2) is 0 Å². The van der Waals surface area contributed by atoms with Crippen molar-refractivity contribution < 1.29 is 35.6 Å². The van der Waals surface area contributed by atoms with Gasteiger partial charge in [0.2, 0.25) is 0 Å². The van der Waals surface area contributed by atoms with Gasteiger partial charge < -0.3 is 4.65 Å². The monoisotopic (exact) mass is 567 g/mol.